The van der Waals surface area contributed by atoms with Gasteiger partial charge in [0, 0.05) is 18.2 Å². The molecule has 2 rings (SSSR count). The van der Waals surface area contributed by atoms with Crippen LogP contribution in [0, 0.1) is 5.92 Å². The van der Waals surface area contributed by atoms with Gasteiger partial charge in [0.2, 0.25) is 0 Å². The summed E-state index contributed by atoms with van der Waals surface area (Å²) >= 11 is 0. The summed E-state index contributed by atoms with van der Waals surface area (Å²) in [6.45, 7) is 1.07. The highest BCUT2D eigenvalue weighted by Crippen LogP contribution is 2.22. The normalized spacial score (nSPS) is 32.0. The maximum absolute atomic E-state index is 4.42. The van der Waals surface area contributed by atoms with E-state index in [1.807, 2.05) is 0 Å². The highest BCUT2D eigenvalue weighted by molar-refractivity contribution is 5.90. The molecule has 0 radical (unpaired) electrons. The molecule has 1 aliphatic carbocycles. The fraction of sp³-hybridized carbons (Fsp3) is 0.625. The average Bonchev–Trinajstić information content (AvgIpc) is 2.33. The Balaban J connectivity index is 2.23. The van der Waals surface area contributed by atoms with Gasteiger partial charge >= 0.3 is 0 Å². The van der Waals surface area contributed by atoms with Gasteiger partial charge in [-0.05, 0) is 19.3 Å². The Morgan fingerprint density at radius 1 is 1.56 bits per heavy atom. The molecule has 1 nitrogen and oxygen atoms in total. The summed E-state index contributed by atoms with van der Waals surface area (Å²) in [6.07, 6.45) is 8.31. The molecule has 1 atom stereocenters. The number of rotatable bonds is 0. The Morgan fingerprint density at radius 2 is 2.56 bits per heavy atom. The summed E-state index contributed by atoms with van der Waals surface area (Å²) in [5.74, 6) is 0.735. The Labute approximate surface area is 55.5 Å². The molecule has 0 aromatic carbocycles. The Kier molecular flexibility index (Phi) is 1.15. The molecule has 0 saturated carbocycles. The maximum atomic E-state index is 4.42. The van der Waals surface area contributed by atoms with Crippen molar-refractivity contribution in [1.29, 1.82) is 0 Å². The fourth-order valence-electron chi connectivity index (χ4n) is 1.59. The van der Waals surface area contributed by atoms with Gasteiger partial charge in [0.1, 0.15) is 0 Å². The van der Waals surface area contributed by atoms with Crippen LogP contribution in [0.15, 0.2) is 17.1 Å². The van der Waals surface area contributed by atoms with Crippen molar-refractivity contribution in [2.75, 3.05) is 6.54 Å². The van der Waals surface area contributed by atoms with Gasteiger partial charge in [0.25, 0.3) is 0 Å². The molecule has 1 heteroatoms. The van der Waals surface area contributed by atoms with Gasteiger partial charge < -0.3 is 0 Å². The molecule has 0 aromatic rings. The van der Waals surface area contributed by atoms with Crippen molar-refractivity contribution < 1.29 is 0 Å². The smallest absolute Gasteiger partial charge is 0.0398 e. The van der Waals surface area contributed by atoms with Crippen molar-refractivity contribution in [3.8, 4) is 0 Å². The number of allylic oxidation sites excluding steroid dienone is 2. The van der Waals surface area contributed by atoms with E-state index in [0.717, 1.165) is 12.5 Å². The van der Waals surface area contributed by atoms with E-state index in [2.05, 4.69) is 17.1 Å². The van der Waals surface area contributed by atoms with Crippen molar-refractivity contribution >= 4 is 5.71 Å². The highest BCUT2D eigenvalue weighted by Gasteiger charge is 2.19. The number of nitrogens with zero attached hydrogens (tertiary/aromatic N) is 1. The summed E-state index contributed by atoms with van der Waals surface area (Å²) < 4.78 is 0. The first-order valence-electron chi connectivity index (χ1n) is 3.67. The molecule has 0 aromatic heterocycles. The van der Waals surface area contributed by atoms with Gasteiger partial charge in [0.05, 0.1) is 0 Å². The van der Waals surface area contributed by atoms with E-state index >= 15 is 0 Å². The van der Waals surface area contributed by atoms with Crippen LogP contribution in [0.4, 0.5) is 0 Å². The summed E-state index contributed by atoms with van der Waals surface area (Å²) in [4.78, 5) is 4.42. The lowest BCUT2D eigenvalue weighted by atomic mass is 9.93. The van der Waals surface area contributed by atoms with Crippen LogP contribution < -0.4 is 0 Å². The third kappa shape index (κ3) is 0.805. The van der Waals surface area contributed by atoms with Crippen LogP contribution >= 0.6 is 0 Å². The molecular weight excluding hydrogens is 110 g/mol. The predicted molar refractivity (Wildman–Crippen MR) is 38.8 cm³/mol. The topological polar surface area (TPSA) is 12.4 Å². The van der Waals surface area contributed by atoms with Gasteiger partial charge in [-0.2, -0.15) is 0 Å². The minimum Gasteiger partial charge on any atom is -0.293 e. The molecule has 0 saturated heterocycles. The molecule has 48 valence electrons. The zero-order chi connectivity index (χ0) is 6.10. The standard InChI is InChI=1S/C8H11N/c1-2-4-8-7(3-1)5-6-9-8/h1,3,7H,2,4-6H2. The van der Waals surface area contributed by atoms with Crippen molar-refractivity contribution in [3.63, 3.8) is 0 Å². The quantitative estimate of drug-likeness (QED) is 0.433. The summed E-state index contributed by atoms with van der Waals surface area (Å²) in [5.41, 5.74) is 1.46. The van der Waals surface area contributed by atoms with Gasteiger partial charge in [-0.1, -0.05) is 12.2 Å². The lowest BCUT2D eigenvalue weighted by Gasteiger charge is -2.11. The van der Waals surface area contributed by atoms with Gasteiger partial charge in [0.15, 0.2) is 0 Å². The number of aliphatic imine (C=N–C) groups is 1. The molecule has 1 aliphatic heterocycles. The first-order chi connectivity index (χ1) is 4.47. The summed E-state index contributed by atoms with van der Waals surface area (Å²) in [5, 5.41) is 0. The van der Waals surface area contributed by atoms with E-state index in [0.29, 0.717) is 0 Å². The van der Waals surface area contributed by atoms with Crippen LogP contribution in [0.3, 0.4) is 0 Å². The molecule has 0 spiro atoms. The third-order valence-corrected chi connectivity index (χ3v) is 2.12. The molecule has 0 bridgehead atoms. The van der Waals surface area contributed by atoms with Crippen LogP contribution in [-0.4, -0.2) is 12.3 Å². The summed E-state index contributed by atoms with van der Waals surface area (Å²) in [6, 6.07) is 0. The van der Waals surface area contributed by atoms with E-state index in [1.165, 1.54) is 25.0 Å². The minimum absolute atomic E-state index is 0.735. The van der Waals surface area contributed by atoms with Crippen molar-refractivity contribution in [1.82, 2.24) is 0 Å². The second kappa shape index (κ2) is 1.98. The van der Waals surface area contributed by atoms with E-state index in [4.69, 9.17) is 0 Å². The molecule has 0 amide bonds. The molecule has 0 fully saturated rings. The van der Waals surface area contributed by atoms with Crippen molar-refractivity contribution in [2.45, 2.75) is 19.3 Å². The molecule has 2 aliphatic rings. The van der Waals surface area contributed by atoms with E-state index < -0.39 is 0 Å². The number of hydrogen-bond donors (Lipinski definition) is 0. The summed E-state index contributed by atoms with van der Waals surface area (Å²) in [7, 11) is 0. The zero-order valence-electron chi connectivity index (χ0n) is 5.51. The molecule has 1 heterocycles. The second-order valence-corrected chi connectivity index (χ2v) is 2.74. The van der Waals surface area contributed by atoms with Crippen LogP contribution in [0.25, 0.3) is 0 Å². The molecular formula is C8H11N. The van der Waals surface area contributed by atoms with Gasteiger partial charge in [-0.3, -0.25) is 4.99 Å². The number of fused-ring (bicyclic) bond motifs is 1. The highest BCUT2D eigenvalue weighted by atomic mass is 14.8. The average molecular weight is 121 g/mol. The van der Waals surface area contributed by atoms with Crippen LogP contribution in [0.2, 0.25) is 0 Å². The Hall–Kier alpha value is -0.590. The van der Waals surface area contributed by atoms with E-state index in [1.54, 1.807) is 0 Å². The fourth-order valence-corrected chi connectivity index (χ4v) is 1.59. The molecule has 1 unspecified atom stereocenters. The lowest BCUT2D eigenvalue weighted by molar-refractivity contribution is 0.788. The van der Waals surface area contributed by atoms with Crippen molar-refractivity contribution in [2.24, 2.45) is 10.9 Å². The Morgan fingerprint density at radius 3 is 3.44 bits per heavy atom. The minimum atomic E-state index is 0.735. The third-order valence-electron chi connectivity index (χ3n) is 2.12. The van der Waals surface area contributed by atoms with Crippen LogP contribution in [0.5, 0.6) is 0 Å². The zero-order valence-corrected chi connectivity index (χ0v) is 5.51. The molecule has 0 N–H and O–H groups in total. The van der Waals surface area contributed by atoms with E-state index in [9.17, 15) is 0 Å². The van der Waals surface area contributed by atoms with Crippen LogP contribution in [0.1, 0.15) is 19.3 Å². The largest absolute Gasteiger partial charge is 0.293 e. The predicted octanol–water partition coefficient (Wildman–Crippen LogP) is 1.80. The van der Waals surface area contributed by atoms with Crippen molar-refractivity contribution in [3.05, 3.63) is 12.2 Å². The number of hydrogen-bond acceptors (Lipinski definition) is 1. The lowest BCUT2D eigenvalue weighted by Crippen LogP contribution is -2.09. The first kappa shape index (κ1) is 5.21. The van der Waals surface area contributed by atoms with Gasteiger partial charge in [-0.25, -0.2) is 0 Å². The Bertz CT molecular complexity index is 167. The van der Waals surface area contributed by atoms with E-state index in [-0.39, 0.29) is 0 Å². The second-order valence-electron chi connectivity index (χ2n) is 2.74. The maximum Gasteiger partial charge on any atom is 0.0398 e. The molecule has 9 heavy (non-hydrogen) atoms. The van der Waals surface area contributed by atoms with Crippen LogP contribution in [-0.2, 0) is 0 Å². The van der Waals surface area contributed by atoms with Gasteiger partial charge in [-0.15, -0.1) is 0 Å². The first-order valence-corrected chi connectivity index (χ1v) is 3.67. The SMILES string of the molecule is C1=CC2CCN=C2CC1. The monoisotopic (exact) mass is 121 g/mol.